The van der Waals surface area contributed by atoms with Gasteiger partial charge in [0.05, 0.1) is 12.0 Å². The van der Waals surface area contributed by atoms with Gasteiger partial charge in [0.25, 0.3) is 5.91 Å². The molecule has 3 aromatic rings. The summed E-state index contributed by atoms with van der Waals surface area (Å²) in [7, 11) is 0. The molecule has 0 spiro atoms. The number of hydrogen-bond donors (Lipinski definition) is 1. The highest BCUT2D eigenvalue weighted by Gasteiger charge is 2.36. The van der Waals surface area contributed by atoms with E-state index < -0.39 is 29.2 Å². The number of carboxylic acid groups (broad SMARTS) is 1. The number of aliphatic carboxylic acids is 1. The zero-order chi connectivity index (χ0) is 27.5. The summed E-state index contributed by atoms with van der Waals surface area (Å²) in [5, 5.41) is 9.16. The van der Waals surface area contributed by atoms with Gasteiger partial charge in [-0.2, -0.15) is 13.2 Å². The average molecular weight is 526 g/mol. The third-order valence-electron chi connectivity index (χ3n) is 6.77. The molecule has 5 nitrogen and oxygen atoms in total. The van der Waals surface area contributed by atoms with Crippen LogP contribution in [0, 0.1) is 0 Å². The van der Waals surface area contributed by atoms with E-state index >= 15 is 0 Å². The van der Waals surface area contributed by atoms with E-state index in [2.05, 4.69) is 31.2 Å². The highest BCUT2D eigenvalue weighted by Crippen LogP contribution is 2.38. The number of rotatable bonds is 9. The SMILES string of the molecule is CCc1ccc(CC2(C)Cc3cc(C(=O)N(CCC(=O)O)Cc4ccc(C(F)(F)F)cc4)ccc3O2)cc1. The quantitative estimate of drug-likeness (QED) is 0.355. The number of fused-ring (bicyclic) bond motifs is 1. The topological polar surface area (TPSA) is 66.8 Å². The summed E-state index contributed by atoms with van der Waals surface area (Å²) in [5.41, 5.74) is 2.90. The van der Waals surface area contributed by atoms with Crippen molar-refractivity contribution in [3.63, 3.8) is 0 Å². The third-order valence-corrected chi connectivity index (χ3v) is 6.77. The van der Waals surface area contributed by atoms with E-state index in [1.54, 1.807) is 18.2 Å². The van der Waals surface area contributed by atoms with E-state index in [1.165, 1.54) is 22.6 Å². The van der Waals surface area contributed by atoms with Crippen LogP contribution in [0.15, 0.2) is 66.7 Å². The van der Waals surface area contributed by atoms with Gasteiger partial charge in [0.1, 0.15) is 11.4 Å². The molecule has 1 N–H and O–H groups in total. The Balaban J connectivity index is 1.50. The maximum atomic E-state index is 13.4. The molecule has 1 atom stereocenters. The number of amides is 1. The molecule has 8 heteroatoms. The summed E-state index contributed by atoms with van der Waals surface area (Å²) in [6.45, 7) is 4.06. The van der Waals surface area contributed by atoms with Crippen LogP contribution in [0.4, 0.5) is 13.2 Å². The van der Waals surface area contributed by atoms with Gasteiger partial charge in [0, 0.05) is 31.5 Å². The van der Waals surface area contributed by atoms with E-state index in [9.17, 15) is 22.8 Å². The van der Waals surface area contributed by atoms with Gasteiger partial charge < -0.3 is 14.7 Å². The number of alkyl halides is 3. The van der Waals surface area contributed by atoms with Crippen LogP contribution in [0.1, 0.15) is 58.4 Å². The minimum absolute atomic E-state index is 0.0106. The second-order valence-corrected chi connectivity index (χ2v) is 9.96. The molecule has 4 rings (SSSR count). The van der Waals surface area contributed by atoms with Crippen molar-refractivity contribution in [3.8, 4) is 5.75 Å². The van der Waals surface area contributed by atoms with Gasteiger partial charge in [-0.3, -0.25) is 9.59 Å². The number of hydrogen-bond acceptors (Lipinski definition) is 3. The fraction of sp³-hybridized carbons (Fsp3) is 0.333. The molecular formula is C30H30F3NO4. The van der Waals surface area contributed by atoms with E-state index in [0.29, 0.717) is 29.7 Å². The number of aryl methyl sites for hydroxylation is 1. The molecule has 0 bridgehead atoms. The Morgan fingerprint density at radius 3 is 2.21 bits per heavy atom. The molecule has 0 saturated carbocycles. The molecule has 1 unspecified atom stereocenters. The lowest BCUT2D eigenvalue weighted by molar-refractivity contribution is -0.138. The molecule has 200 valence electrons. The first-order valence-corrected chi connectivity index (χ1v) is 12.5. The Bertz CT molecular complexity index is 1300. The number of carbonyl (C=O) groups is 2. The van der Waals surface area contributed by atoms with Crippen molar-refractivity contribution in [2.24, 2.45) is 0 Å². The molecule has 0 aliphatic carbocycles. The lowest BCUT2D eigenvalue weighted by Gasteiger charge is -2.24. The molecule has 1 amide bonds. The Morgan fingerprint density at radius 1 is 0.974 bits per heavy atom. The summed E-state index contributed by atoms with van der Waals surface area (Å²) in [6.07, 6.45) is -2.47. The molecular weight excluding hydrogens is 495 g/mol. The van der Waals surface area contributed by atoms with Crippen LogP contribution in [0.2, 0.25) is 0 Å². The van der Waals surface area contributed by atoms with E-state index in [1.807, 2.05) is 6.92 Å². The van der Waals surface area contributed by atoms with Crippen molar-refractivity contribution >= 4 is 11.9 Å². The highest BCUT2D eigenvalue weighted by molar-refractivity contribution is 5.95. The largest absolute Gasteiger partial charge is 0.487 e. The minimum Gasteiger partial charge on any atom is -0.487 e. The van der Waals surface area contributed by atoms with Crippen LogP contribution in [-0.2, 0) is 36.8 Å². The Hall–Kier alpha value is -3.81. The maximum absolute atomic E-state index is 13.4. The summed E-state index contributed by atoms with van der Waals surface area (Å²) in [6, 6.07) is 18.1. The van der Waals surface area contributed by atoms with Gasteiger partial charge in [0.2, 0.25) is 0 Å². The van der Waals surface area contributed by atoms with E-state index in [4.69, 9.17) is 9.84 Å². The van der Waals surface area contributed by atoms with Crippen LogP contribution < -0.4 is 4.74 Å². The first-order valence-electron chi connectivity index (χ1n) is 12.5. The molecule has 1 heterocycles. The van der Waals surface area contributed by atoms with Crippen molar-refractivity contribution < 1.29 is 32.6 Å². The van der Waals surface area contributed by atoms with Crippen molar-refractivity contribution in [2.75, 3.05) is 6.54 Å². The molecule has 1 aliphatic rings. The molecule has 38 heavy (non-hydrogen) atoms. The predicted octanol–water partition coefficient (Wildman–Crippen LogP) is 6.32. The van der Waals surface area contributed by atoms with Crippen LogP contribution in [-0.4, -0.2) is 34.0 Å². The van der Waals surface area contributed by atoms with Gasteiger partial charge >= 0.3 is 12.1 Å². The Labute approximate surface area is 219 Å². The predicted molar refractivity (Wildman–Crippen MR) is 137 cm³/mol. The summed E-state index contributed by atoms with van der Waals surface area (Å²) >= 11 is 0. The summed E-state index contributed by atoms with van der Waals surface area (Å²) in [5.74, 6) is -0.757. The number of benzene rings is 3. The van der Waals surface area contributed by atoms with Gasteiger partial charge in [-0.15, -0.1) is 0 Å². The summed E-state index contributed by atoms with van der Waals surface area (Å²) in [4.78, 5) is 26.0. The monoisotopic (exact) mass is 525 g/mol. The number of nitrogens with zero attached hydrogens (tertiary/aromatic N) is 1. The number of carbonyl (C=O) groups excluding carboxylic acids is 1. The van der Waals surface area contributed by atoms with Gasteiger partial charge in [-0.25, -0.2) is 0 Å². The van der Waals surface area contributed by atoms with Crippen LogP contribution in [0.3, 0.4) is 0 Å². The van der Waals surface area contributed by atoms with Crippen molar-refractivity contribution in [2.45, 2.75) is 57.9 Å². The fourth-order valence-electron chi connectivity index (χ4n) is 4.76. The van der Waals surface area contributed by atoms with Crippen LogP contribution >= 0.6 is 0 Å². The molecule has 3 aromatic carbocycles. The van der Waals surface area contributed by atoms with Crippen molar-refractivity contribution in [1.29, 1.82) is 0 Å². The van der Waals surface area contributed by atoms with E-state index in [-0.39, 0.29) is 19.5 Å². The van der Waals surface area contributed by atoms with Gasteiger partial charge in [-0.1, -0.05) is 43.3 Å². The van der Waals surface area contributed by atoms with Crippen LogP contribution in [0.5, 0.6) is 5.75 Å². The number of halogens is 3. The zero-order valence-electron chi connectivity index (χ0n) is 21.3. The molecule has 0 saturated heterocycles. The second kappa shape index (κ2) is 10.9. The maximum Gasteiger partial charge on any atom is 0.416 e. The normalized spacial score (nSPS) is 16.6. The minimum atomic E-state index is -4.46. The third kappa shape index (κ3) is 6.54. The second-order valence-electron chi connectivity index (χ2n) is 9.96. The molecule has 0 aromatic heterocycles. The zero-order valence-corrected chi connectivity index (χ0v) is 21.3. The highest BCUT2D eigenvalue weighted by atomic mass is 19.4. The van der Waals surface area contributed by atoms with Crippen LogP contribution in [0.25, 0.3) is 0 Å². The van der Waals surface area contributed by atoms with Gasteiger partial charge in [-0.05, 0) is 65.9 Å². The lowest BCUT2D eigenvalue weighted by atomic mass is 9.91. The lowest BCUT2D eigenvalue weighted by Crippen LogP contribution is -2.33. The van der Waals surface area contributed by atoms with E-state index in [0.717, 1.165) is 29.7 Å². The molecule has 0 radical (unpaired) electrons. The van der Waals surface area contributed by atoms with Crippen molar-refractivity contribution in [3.05, 3.63) is 100 Å². The Kier molecular flexibility index (Phi) is 7.81. The smallest absolute Gasteiger partial charge is 0.416 e. The fourth-order valence-corrected chi connectivity index (χ4v) is 4.76. The standard InChI is InChI=1S/C30H30F3NO4/c1-3-20-4-6-21(7-5-20)17-29(2)18-24-16-23(10-13-26(24)38-29)28(37)34(15-14-27(35)36)19-22-8-11-25(12-9-22)30(31,32)33/h4-13,16H,3,14-15,17-19H2,1-2H3,(H,35,36). The molecule has 0 fully saturated rings. The Morgan fingerprint density at radius 2 is 1.61 bits per heavy atom. The molecule has 1 aliphatic heterocycles. The van der Waals surface area contributed by atoms with Crippen molar-refractivity contribution in [1.82, 2.24) is 4.90 Å². The first-order chi connectivity index (χ1) is 18.0. The summed E-state index contributed by atoms with van der Waals surface area (Å²) < 4.78 is 45.0. The number of carboxylic acids is 1. The van der Waals surface area contributed by atoms with Gasteiger partial charge in [0.15, 0.2) is 0 Å². The first kappa shape index (κ1) is 27.2. The number of ether oxygens (including phenoxy) is 1. The average Bonchev–Trinajstić information content (AvgIpc) is 3.21.